The number of methoxy groups -OCH3 is 2. The highest BCUT2D eigenvalue weighted by Crippen LogP contribution is 2.30. The minimum absolute atomic E-state index is 0.298. The normalized spacial score (nSPS) is 11.7. The summed E-state index contributed by atoms with van der Waals surface area (Å²) in [5, 5.41) is 0. The first-order valence-corrected chi connectivity index (χ1v) is 11.1. The first kappa shape index (κ1) is 23.2. The number of hydrogen-bond acceptors (Lipinski definition) is 6. The lowest BCUT2D eigenvalue weighted by molar-refractivity contribution is -0.144. The van der Waals surface area contributed by atoms with Gasteiger partial charge in [0.2, 0.25) is 5.89 Å². The molecule has 0 aliphatic carbocycles. The average molecular weight is 461 g/mol. The van der Waals surface area contributed by atoms with Gasteiger partial charge in [0.1, 0.15) is 11.8 Å². The minimum Gasteiger partial charge on any atom is -0.493 e. The van der Waals surface area contributed by atoms with Crippen LogP contribution in [0.25, 0.3) is 11.5 Å². The first-order valence-electron chi connectivity index (χ1n) is 11.1. The summed E-state index contributed by atoms with van der Waals surface area (Å²) < 4.78 is 24.2. The fourth-order valence-corrected chi connectivity index (χ4v) is 3.81. The van der Waals surface area contributed by atoms with Crippen molar-refractivity contribution in [3.63, 3.8) is 0 Å². The second-order valence-electron chi connectivity index (χ2n) is 7.84. The van der Waals surface area contributed by atoms with E-state index in [-0.39, 0.29) is 5.97 Å². The largest absolute Gasteiger partial charge is 0.493 e. The number of oxazole rings is 1. The zero-order valence-corrected chi connectivity index (χ0v) is 19.6. The Morgan fingerprint density at radius 3 is 2.50 bits per heavy atom. The molecule has 2 aromatic heterocycles. The molecule has 0 saturated heterocycles. The molecule has 0 spiro atoms. The predicted octanol–water partition coefficient (Wildman–Crippen LogP) is 5.04. The molecule has 0 saturated carbocycles. The maximum Gasteiger partial charge on any atom is 0.329 e. The maximum absolute atomic E-state index is 12.3. The number of aromatic nitrogens is 2. The van der Waals surface area contributed by atoms with Crippen LogP contribution in [-0.4, -0.2) is 36.3 Å². The van der Waals surface area contributed by atoms with Crippen molar-refractivity contribution < 1.29 is 23.4 Å². The van der Waals surface area contributed by atoms with E-state index in [2.05, 4.69) is 4.98 Å². The fourth-order valence-electron chi connectivity index (χ4n) is 3.81. The number of hydrogen-bond donors (Lipinski definition) is 0. The highest BCUT2D eigenvalue weighted by molar-refractivity contribution is 5.74. The number of nitrogens with zero attached hydrogens (tertiary/aromatic N) is 2. The van der Waals surface area contributed by atoms with Gasteiger partial charge < -0.3 is 23.2 Å². The van der Waals surface area contributed by atoms with Crippen LogP contribution >= 0.6 is 0 Å². The second kappa shape index (κ2) is 10.7. The quantitative estimate of drug-likeness (QED) is 0.309. The monoisotopic (exact) mass is 460 g/mol. The van der Waals surface area contributed by atoms with Gasteiger partial charge in [-0.05, 0) is 48.9 Å². The van der Waals surface area contributed by atoms with Crippen molar-refractivity contribution in [1.29, 1.82) is 0 Å². The molecule has 34 heavy (non-hydrogen) atoms. The van der Waals surface area contributed by atoms with E-state index in [0.29, 0.717) is 36.8 Å². The van der Waals surface area contributed by atoms with Crippen LogP contribution in [0.2, 0.25) is 0 Å². The lowest BCUT2D eigenvalue weighted by Crippen LogP contribution is -2.22. The van der Waals surface area contributed by atoms with Gasteiger partial charge in [-0.3, -0.25) is 0 Å². The van der Waals surface area contributed by atoms with Crippen LogP contribution in [0.5, 0.6) is 11.5 Å². The van der Waals surface area contributed by atoms with E-state index in [1.807, 2.05) is 84.5 Å². The van der Waals surface area contributed by atoms with Crippen LogP contribution in [0.4, 0.5) is 0 Å². The summed E-state index contributed by atoms with van der Waals surface area (Å²) >= 11 is 0. The molecular weight excluding hydrogens is 432 g/mol. The van der Waals surface area contributed by atoms with Crippen molar-refractivity contribution in [3.8, 4) is 23.0 Å². The lowest BCUT2D eigenvalue weighted by atomic mass is 10.0. The number of carbonyl (C=O) groups excluding carboxylic acids is 1. The topological polar surface area (TPSA) is 75.7 Å². The number of esters is 1. The van der Waals surface area contributed by atoms with E-state index in [1.165, 1.54) is 7.11 Å². The number of rotatable bonds is 10. The van der Waals surface area contributed by atoms with Gasteiger partial charge in [0.25, 0.3) is 0 Å². The average Bonchev–Trinajstić information content (AvgIpc) is 3.53. The van der Waals surface area contributed by atoms with Crippen molar-refractivity contribution in [2.24, 2.45) is 0 Å². The molecule has 176 valence electrons. The third-order valence-corrected chi connectivity index (χ3v) is 5.63. The number of ether oxygens (including phenoxy) is 3. The molecule has 7 nitrogen and oxygen atoms in total. The van der Waals surface area contributed by atoms with Gasteiger partial charge in [-0.2, -0.15) is 0 Å². The van der Waals surface area contributed by atoms with Crippen LogP contribution in [0.15, 0.2) is 77.5 Å². The summed E-state index contributed by atoms with van der Waals surface area (Å²) in [6, 6.07) is 18.8. The Kier molecular flexibility index (Phi) is 7.32. The van der Waals surface area contributed by atoms with Crippen molar-refractivity contribution in [3.05, 3.63) is 90.1 Å². The summed E-state index contributed by atoms with van der Waals surface area (Å²) in [7, 11) is 3.00. The van der Waals surface area contributed by atoms with Crippen molar-refractivity contribution in [2.75, 3.05) is 20.8 Å². The molecule has 4 aromatic rings. The maximum atomic E-state index is 12.3. The third kappa shape index (κ3) is 5.31. The number of benzene rings is 2. The molecule has 7 heteroatoms. The van der Waals surface area contributed by atoms with E-state index >= 15 is 0 Å². The van der Waals surface area contributed by atoms with Crippen molar-refractivity contribution in [2.45, 2.75) is 25.8 Å². The van der Waals surface area contributed by atoms with E-state index in [9.17, 15) is 4.79 Å². The Bertz CT molecular complexity index is 1220. The number of aryl methyl sites for hydroxylation is 1. The summed E-state index contributed by atoms with van der Waals surface area (Å²) in [4.78, 5) is 16.9. The van der Waals surface area contributed by atoms with Crippen LogP contribution in [-0.2, 0) is 22.4 Å². The lowest BCUT2D eigenvalue weighted by Gasteiger charge is -2.18. The third-order valence-electron chi connectivity index (χ3n) is 5.63. The zero-order chi connectivity index (χ0) is 23.9. The van der Waals surface area contributed by atoms with Gasteiger partial charge in [-0.15, -0.1) is 0 Å². The molecule has 2 aromatic carbocycles. The Morgan fingerprint density at radius 2 is 1.79 bits per heavy atom. The predicted molar refractivity (Wildman–Crippen MR) is 128 cm³/mol. The second-order valence-corrected chi connectivity index (χ2v) is 7.84. The molecule has 0 bridgehead atoms. The van der Waals surface area contributed by atoms with Gasteiger partial charge in [0.05, 0.1) is 26.5 Å². The van der Waals surface area contributed by atoms with E-state index in [0.717, 1.165) is 22.6 Å². The smallest absolute Gasteiger partial charge is 0.329 e. The summed E-state index contributed by atoms with van der Waals surface area (Å²) in [6.45, 7) is 2.33. The molecule has 0 amide bonds. The standard InChI is InChI=1S/C27H28N2O5/c1-19-22(28-26(34-19)21-9-5-4-6-10-21)13-16-33-24-12-11-20(18-25(24)31-2)17-23(27(30)32-3)29-14-7-8-15-29/h4-12,14-15,18,23H,13,16-17H2,1-3H3. The molecule has 2 heterocycles. The van der Waals surface area contributed by atoms with Crippen LogP contribution in [0, 0.1) is 6.92 Å². The Morgan fingerprint density at radius 1 is 1.03 bits per heavy atom. The van der Waals surface area contributed by atoms with E-state index in [4.69, 9.17) is 18.6 Å². The van der Waals surface area contributed by atoms with Gasteiger partial charge in [0.15, 0.2) is 11.5 Å². The summed E-state index contributed by atoms with van der Waals surface area (Å²) in [5.41, 5.74) is 2.75. The Hall–Kier alpha value is -4.00. The van der Waals surface area contributed by atoms with Gasteiger partial charge >= 0.3 is 5.97 Å². The highest BCUT2D eigenvalue weighted by atomic mass is 16.5. The Balaban J connectivity index is 1.41. The fraction of sp³-hybridized carbons (Fsp3) is 0.259. The molecule has 4 rings (SSSR count). The van der Waals surface area contributed by atoms with E-state index in [1.54, 1.807) is 7.11 Å². The van der Waals surface area contributed by atoms with Crippen molar-refractivity contribution in [1.82, 2.24) is 9.55 Å². The number of carbonyl (C=O) groups is 1. The molecular formula is C27H28N2O5. The minimum atomic E-state index is -0.453. The van der Waals surface area contributed by atoms with Crippen molar-refractivity contribution >= 4 is 5.97 Å². The first-order chi connectivity index (χ1) is 16.6. The van der Waals surface area contributed by atoms with Crippen LogP contribution in [0.1, 0.15) is 23.1 Å². The Labute approximate surface area is 198 Å². The van der Waals surface area contributed by atoms with Gasteiger partial charge in [-0.1, -0.05) is 24.3 Å². The summed E-state index contributed by atoms with van der Waals surface area (Å²) in [6.07, 6.45) is 4.78. The SMILES string of the molecule is COC(=O)C(Cc1ccc(OCCc2nc(-c3ccccc3)oc2C)c(OC)c1)n1cccc1. The molecule has 0 radical (unpaired) electrons. The highest BCUT2D eigenvalue weighted by Gasteiger charge is 2.21. The molecule has 0 N–H and O–H groups in total. The van der Waals surface area contributed by atoms with Crippen LogP contribution in [0.3, 0.4) is 0 Å². The van der Waals surface area contributed by atoms with Crippen LogP contribution < -0.4 is 9.47 Å². The molecule has 0 fully saturated rings. The van der Waals surface area contributed by atoms with E-state index < -0.39 is 6.04 Å². The molecule has 1 unspecified atom stereocenters. The molecule has 0 aliphatic rings. The summed E-state index contributed by atoms with van der Waals surface area (Å²) in [5.74, 6) is 2.33. The van der Waals surface area contributed by atoms with Gasteiger partial charge in [-0.25, -0.2) is 9.78 Å². The van der Waals surface area contributed by atoms with Gasteiger partial charge in [0, 0.05) is 30.8 Å². The zero-order valence-electron chi connectivity index (χ0n) is 19.6. The molecule has 1 atom stereocenters. The molecule has 0 aliphatic heterocycles.